The van der Waals surface area contributed by atoms with E-state index in [1.165, 1.54) is 7.11 Å². The average Bonchev–Trinajstić information content (AvgIpc) is 2.47. The molecule has 0 fully saturated rings. The fourth-order valence-electron chi connectivity index (χ4n) is 2.12. The van der Waals surface area contributed by atoms with E-state index in [2.05, 4.69) is 34.2 Å². The van der Waals surface area contributed by atoms with Crippen LogP contribution in [0.15, 0.2) is 40.9 Å². The molecule has 112 valence electrons. The highest BCUT2D eigenvalue weighted by molar-refractivity contribution is 9.10. The Morgan fingerprint density at radius 1 is 1.33 bits per heavy atom. The van der Waals surface area contributed by atoms with Crippen molar-refractivity contribution in [2.24, 2.45) is 0 Å². The Morgan fingerprint density at radius 2 is 2.05 bits per heavy atom. The Labute approximate surface area is 138 Å². The molecule has 0 heterocycles. The van der Waals surface area contributed by atoms with Crippen LogP contribution in [0.2, 0.25) is 5.02 Å². The molecule has 2 N–H and O–H groups in total. The fraction of sp³-hybridized carbons (Fsp3) is 0.250. The zero-order valence-electron chi connectivity index (χ0n) is 11.9. The predicted octanol–water partition coefficient (Wildman–Crippen LogP) is 4.67. The quantitative estimate of drug-likeness (QED) is 0.804. The van der Waals surface area contributed by atoms with Gasteiger partial charge in [0.1, 0.15) is 0 Å². The van der Waals surface area contributed by atoms with Crippen LogP contribution >= 0.6 is 27.5 Å². The number of phenolic OH excluding ortho intramolecular Hbond substituents is 1. The third kappa shape index (κ3) is 3.90. The summed E-state index contributed by atoms with van der Waals surface area (Å²) in [6, 6.07) is 11.5. The van der Waals surface area contributed by atoms with E-state index >= 15 is 0 Å². The van der Waals surface area contributed by atoms with Gasteiger partial charge in [-0.2, -0.15) is 0 Å². The molecule has 5 heteroatoms. The second-order valence-corrected chi connectivity index (χ2v) is 6.03. The van der Waals surface area contributed by atoms with Crippen LogP contribution in [0.5, 0.6) is 11.5 Å². The van der Waals surface area contributed by atoms with Gasteiger partial charge in [-0.15, -0.1) is 0 Å². The van der Waals surface area contributed by atoms with Crippen molar-refractivity contribution in [3.8, 4) is 11.5 Å². The van der Waals surface area contributed by atoms with Crippen LogP contribution in [0, 0.1) is 0 Å². The minimum absolute atomic E-state index is 0.119. The van der Waals surface area contributed by atoms with E-state index in [9.17, 15) is 5.11 Å². The van der Waals surface area contributed by atoms with Gasteiger partial charge in [-0.25, -0.2) is 0 Å². The molecule has 0 spiro atoms. The molecule has 0 saturated heterocycles. The summed E-state index contributed by atoms with van der Waals surface area (Å²) >= 11 is 9.57. The molecule has 0 bridgehead atoms. The largest absolute Gasteiger partial charge is 0.504 e. The lowest BCUT2D eigenvalue weighted by Crippen LogP contribution is -2.18. The number of nitrogens with one attached hydrogen (secondary N) is 1. The van der Waals surface area contributed by atoms with Crippen molar-refractivity contribution in [2.75, 3.05) is 7.11 Å². The summed E-state index contributed by atoms with van der Waals surface area (Å²) in [4.78, 5) is 0. The van der Waals surface area contributed by atoms with Gasteiger partial charge >= 0.3 is 0 Å². The number of hydrogen-bond acceptors (Lipinski definition) is 3. The monoisotopic (exact) mass is 369 g/mol. The summed E-state index contributed by atoms with van der Waals surface area (Å²) in [7, 11) is 1.51. The molecule has 21 heavy (non-hydrogen) atoms. The summed E-state index contributed by atoms with van der Waals surface area (Å²) in [6.45, 7) is 2.56. The Hall–Kier alpha value is -1.23. The SMILES string of the molecule is COc1cc(Cl)cc(CN[C@H](C)c2ccccc2Br)c1O. The summed E-state index contributed by atoms with van der Waals surface area (Å²) in [5.74, 6) is 0.501. The van der Waals surface area contributed by atoms with Gasteiger partial charge in [0.05, 0.1) is 7.11 Å². The van der Waals surface area contributed by atoms with Gasteiger partial charge in [0.2, 0.25) is 0 Å². The van der Waals surface area contributed by atoms with Gasteiger partial charge in [-0.1, -0.05) is 45.7 Å². The van der Waals surface area contributed by atoms with E-state index in [0.717, 1.165) is 10.0 Å². The van der Waals surface area contributed by atoms with Gasteiger partial charge in [-0.05, 0) is 24.6 Å². The number of halogens is 2. The maximum atomic E-state index is 10.1. The number of benzene rings is 2. The molecular formula is C16H17BrClNO2. The third-order valence-corrected chi connectivity index (χ3v) is 4.25. The van der Waals surface area contributed by atoms with Gasteiger partial charge in [0.25, 0.3) is 0 Å². The number of hydrogen-bond donors (Lipinski definition) is 2. The third-order valence-electron chi connectivity index (χ3n) is 3.31. The van der Waals surface area contributed by atoms with Gasteiger partial charge < -0.3 is 15.2 Å². The second-order valence-electron chi connectivity index (χ2n) is 4.74. The Kier molecular flexibility index (Phi) is 5.51. The van der Waals surface area contributed by atoms with E-state index in [-0.39, 0.29) is 11.8 Å². The number of phenols is 1. The van der Waals surface area contributed by atoms with Crippen LogP contribution in [0.1, 0.15) is 24.1 Å². The van der Waals surface area contributed by atoms with Crippen LogP contribution in [0.3, 0.4) is 0 Å². The molecule has 2 aromatic carbocycles. The van der Waals surface area contributed by atoms with Crippen molar-refractivity contribution in [2.45, 2.75) is 19.5 Å². The molecule has 2 rings (SSSR count). The predicted molar refractivity (Wildman–Crippen MR) is 89.1 cm³/mol. The van der Waals surface area contributed by atoms with Gasteiger partial charge in [-0.3, -0.25) is 0 Å². The van der Waals surface area contributed by atoms with E-state index < -0.39 is 0 Å². The maximum absolute atomic E-state index is 10.1. The zero-order valence-corrected chi connectivity index (χ0v) is 14.2. The molecule has 0 unspecified atom stereocenters. The first-order valence-corrected chi connectivity index (χ1v) is 7.73. The summed E-state index contributed by atoms with van der Waals surface area (Å²) in [5.41, 5.74) is 1.87. The standard InChI is InChI=1S/C16H17BrClNO2/c1-10(13-5-3-4-6-14(13)17)19-9-11-7-12(18)8-15(21-2)16(11)20/h3-8,10,19-20H,9H2,1-2H3/t10-/m1/s1. The van der Waals surface area contributed by atoms with Crippen LogP contribution in [0.4, 0.5) is 0 Å². The Bertz CT molecular complexity index is 634. The average molecular weight is 371 g/mol. The lowest BCUT2D eigenvalue weighted by atomic mass is 10.1. The lowest BCUT2D eigenvalue weighted by Gasteiger charge is -2.17. The van der Waals surface area contributed by atoms with E-state index in [1.54, 1.807) is 12.1 Å². The molecule has 0 aromatic heterocycles. The zero-order chi connectivity index (χ0) is 15.4. The van der Waals surface area contributed by atoms with Crippen LogP contribution < -0.4 is 10.1 Å². The first-order valence-electron chi connectivity index (χ1n) is 6.56. The molecule has 2 aromatic rings. The first-order chi connectivity index (χ1) is 10.0. The summed E-state index contributed by atoms with van der Waals surface area (Å²) in [6.07, 6.45) is 0. The highest BCUT2D eigenvalue weighted by Gasteiger charge is 2.13. The number of aromatic hydroxyl groups is 1. The minimum atomic E-state index is 0.119. The van der Waals surface area contributed by atoms with Crippen molar-refractivity contribution in [3.63, 3.8) is 0 Å². The van der Waals surface area contributed by atoms with E-state index in [0.29, 0.717) is 22.9 Å². The summed E-state index contributed by atoms with van der Waals surface area (Å²) < 4.78 is 6.16. The van der Waals surface area contributed by atoms with Crippen LogP contribution in [-0.2, 0) is 6.54 Å². The number of ether oxygens (including phenoxy) is 1. The highest BCUT2D eigenvalue weighted by atomic mass is 79.9. The van der Waals surface area contributed by atoms with Crippen LogP contribution in [0.25, 0.3) is 0 Å². The first kappa shape index (κ1) is 16.1. The minimum Gasteiger partial charge on any atom is -0.504 e. The lowest BCUT2D eigenvalue weighted by molar-refractivity contribution is 0.369. The second kappa shape index (κ2) is 7.16. The molecule has 3 nitrogen and oxygen atoms in total. The maximum Gasteiger partial charge on any atom is 0.162 e. The molecule has 0 radical (unpaired) electrons. The normalized spacial score (nSPS) is 12.2. The van der Waals surface area contributed by atoms with Crippen molar-refractivity contribution < 1.29 is 9.84 Å². The molecule has 0 aliphatic rings. The molecule has 0 aliphatic carbocycles. The van der Waals surface area contributed by atoms with E-state index in [1.807, 2.05) is 18.2 Å². The Morgan fingerprint density at radius 3 is 2.71 bits per heavy atom. The molecular weight excluding hydrogens is 354 g/mol. The summed E-state index contributed by atoms with van der Waals surface area (Å²) in [5, 5.41) is 14.0. The van der Waals surface area contributed by atoms with Crippen molar-refractivity contribution in [3.05, 3.63) is 57.0 Å². The number of rotatable bonds is 5. The molecule has 0 amide bonds. The fourth-order valence-corrected chi connectivity index (χ4v) is 2.98. The molecule has 0 saturated carbocycles. The number of methoxy groups -OCH3 is 1. The van der Waals surface area contributed by atoms with E-state index in [4.69, 9.17) is 16.3 Å². The molecule has 0 aliphatic heterocycles. The van der Waals surface area contributed by atoms with Crippen molar-refractivity contribution in [1.82, 2.24) is 5.32 Å². The highest BCUT2D eigenvalue weighted by Crippen LogP contribution is 2.33. The molecule has 1 atom stereocenters. The van der Waals surface area contributed by atoms with Gasteiger partial charge in [0, 0.05) is 33.7 Å². The van der Waals surface area contributed by atoms with Crippen LogP contribution in [-0.4, -0.2) is 12.2 Å². The Balaban J connectivity index is 2.13. The topological polar surface area (TPSA) is 41.5 Å². The van der Waals surface area contributed by atoms with Crippen molar-refractivity contribution in [1.29, 1.82) is 0 Å². The smallest absolute Gasteiger partial charge is 0.162 e. The van der Waals surface area contributed by atoms with Gasteiger partial charge in [0.15, 0.2) is 11.5 Å². The van der Waals surface area contributed by atoms with Crippen molar-refractivity contribution >= 4 is 27.5 Å².